The molecule has 132 valence electrons. The fourth-order valence-electron chi connectivity index (χ4n) is 3.16. The van der Waals surface area contributed by atoms with Crippen molar-refractivity contribution < 1.29 is 13.6 Å². The smallest absolute Gasteiger partial charge is 0.336 e. The number of furan rings is 1. The lowest BCUT2D eigenvalue weighted by Crippen LogP contribution is -2.11. The van der Waals surface area contributed by atoms with Crippen molar-refractivity contribution in [2.24, 2.45) is 0 Å². The number of methoxy groups -OCH3 is 1. The number of para-hydroxylation sites is 1. The molecule has 0 fully saturated rings. The van der Waals surface area contributed by atoms with Gasteiger partial charge in [0.05, 0.1) is 7.11 Å². The van der Waals surface area contributed by atoms with Gasteiger partial charge in [0.2, 0.25) is 0 Å². The van der Waals surface area contributed by atoms with Crippen LogP contribution in [-0.2, 0) is 5.41 Å². The van der Waals surface area contributed by atoms with Gasteiger partial charge < -0.3 is 13.6 Å². The van der Waals surface area contributed by atoms with Gasteiger partial charge >= 0.3 is 5.63 Å². The lowest BCUT2D eigenvalue weighted by Gasteiger charge is -2.19. The van der Waals surface area contributed by atoms with Gasteiger partial charge in [-0.05, 0) is 35.2 Å². The largest absolute Gasteiger partial charge is 0.493 e. The summed E-state index contributed by atoms with van der Waals surface area (Å²) in [5.41, 5.74) is 2.68. The predicted molar refractivity (Wildman–Crippen MR) is 103 cm³/mol. The first-order valence-electron chi connectivity index (χ1n) is 8.52. The van der Waals surface area contributed by atoms with Gasteiger partial charge in [0.15, 0.2) is 11.3 Å². The Bertz CT molecular complexity index is 1170. The lowest BCUT2D eigenvalue weighted by atomic mass is 9.86. The van der Waals surface area contributed by atoms with E-state index in [2.05, 4.69) is 26.8 Å². The van der Waals surface area contributed by atoms with Crippen LogP contribution in [0.2, 0.25) is 0 Å². The Morgan fingerprint density at radius 3 is 2.50 bits per heavy atom. The number of benzene rings is 2. The summed E-state index contributed by atoms with van der Waals surface area (Å²) < 4.78 is 16.8. The minimum absolute atomic E-state index is 0.0152. The average Bonchev–Trinajstić information content (AvgIpc) is 3.03. The Hall–Kier alpha value is -3.01. The zero-order valence-corrected chi connectivity index (χ0v) is 15.3. The maximum Gasteiger partial charge on any atom is 0.336 e. The number of hydrogen-bond donors (Lipinski definition) is 0. The topological polar surface area (TPSA) is 52.6 Å². The van der Waals surface area contributed by atoms with Crippen LogP contribution in [-0.4, -0.2) is 7.11 Å². The van der Waals surface area contributed by atoms with E-state index in [1.165, 1.54) is 6.07 Å². The molecule has 4 rings (SSSR count). The standard InChI is InChI=1S/C22H20O4/c1-22(2,3)14-8-9-17-15(11-14)16(12-20(23)25-17)19-10-13-6-5-7-18(24-4)21(13)26-19/h5-12H,1-4H3. The van der Waals surface area contributed by atoms with E-state index in [4.69, 9.17) is 13.6 Å². The molecule has 2 aromatic heterocycles. The van der Waals surface area contributed by atoms with Crippen LogP contribution in [0.15, 0.2) is 62.2 Å². The Morgan fingerprint density at radius 2 is 1.77 bits per heavy atom. The molecule has 2 heterocycles. The summed E-state index contributed by atoms with van der Waals surface area (Å²) in [5.74, 6) is 1.28. The van der Waals surface area contributed by atoms with Gasteiger partial charge in [0, 0.05) is 22.4 Å². The van der Waals surface area contributed by atoms with Crippen LogP contribution in [0.1, 0.15) is 26.3 Å². The molecule has 0 bridgehead atoms. The van der Waals surface area contributed by atoms with E-state index in [0.29, 0.717) is 22.7 Å². The second-order valence-corrected chi connectivity index (χ2v) is 7.43. The SMILES string of the molecule is COc1cccc2cc(-c3cc(=O)oc4ccc(C(C)(C)C)cc34)oc12. The molecule has 0 radical (unpaired) electrons. The minimum Gasteiger partial charge on any atom is -0.493 e. The Balaban J connectivity index is 2.02. The first-order chi connectivity index (χ1) is 12.4. The van der Waals surface area contributed by atoms with Crippen molar-refractivity contribution >= 4 is 21.9 Å². The molecule has 0 saturated heterocycles. The molecule has 0 unspecified atom stereocenters. The van der Waals surface area contributed by atoms with E-state index in [1.807, 2.05) is 36.4 Å². The highest BCUT2D eigenvalue weighted by atomic mass is 16.5. The van der Waals surface area contributed by atoms with Crippen molar-refractivity contribution in [3.63, 3.8) is 0 Å². The van der Waals surface area contributed by atoms with Gasteiger partial charge in [-0.2, -0.15) is 0 Å². The molecule has 2 aromatic carbocycles. The zero-order valence-electron chi connectivity index (χ0n) is 15.3. The average molecular weight is 348 g/mol. The number of fused-ring (bicyclic) bond motifs is 2. The van der Waals surface area contributed by atoms with E-state index < -0.39 is 5.63 Å². The first-order valence-corrected chi connectivity index (χ1v) is 8.52. The summed E-state index contributed by atoms with van der Waals surface area (Å²) in [7, 11) is 1.61. The van der Waals surface area contributed by atoms with E-state index in [9.17, 15) is 4.79 Å². The summed E-state index contributed by atoms with van der Waals surface area (Å²) in [6, 6.07) is 15.0. The van der Waals surface area contributed by atoms with Gasteiger partial charge in [-0.15, -0.1) is 0 Å². The highest BCUT2D eigenvalue weighted by Gasteiger charge is 2.18. The van der Waals surface area contributed by atoms with Gasteiger partial charge in [-0.1, -0.05) is 39.0 Å². The van der Waals surface area contributed by atoms with Crippen molar-refractivity contribution in [3.05, 3.63) is 64.5 Å². The Kier molecular flexibility index (Phi) is 3.65. The maximum absolute atomic E-state index is 12.1. The zero-order chi connectivity index (χ0) is 18.5. The molecule has 0 amide bonds. The van der Waals surface area contributed by atoms with Crippen molar-refractivity contribution in [2.75, 3.05) is 7.11 Å². The summed E-state index contributed by atoms with van der Waals surface area (Å²) in [5, 5.41) is 1.78. The van der Waals surface area contributed by atoms with Crippen LogP contribution in [0.5, 0.6) is 5.75 Å². The molecule has 0 atom stereocenters. The van der Waals surface area contributed by atoms with Crippen LogP contribution in [0.3, 0.4) is 0 Å². The Morgan fingerprint density at radius 1 is 0.962 bits per heavy atom. The minimum atomic E-state index is -0.400. The molecule has 0 spiro atoms. The van der Waals surface area contributed by atoms with Crippen LogP contribution in [0, 0.1) is 0 Å². The van der Waals surface area contributed by atoms with E-state index >= 15 is 0 Å². The third kappa shape index (κ3) is 2.68. The summed E-state index contributed by atoms with van der Waals surface area (Å²) >= 11 is 0. The highest BCUT2D eigenvalue weighted by Crippen LogP contribution is 2.37. The number of ether oxygens (including phenoxy) is 1. The van der Waals surface area contributed by atoms with E-state index in [0.717, 1.165) is 21.9 Å². The summed E-state index contributed by atoms with van der Waals surface area (Å²) in [4.78, 5) is 12.1. The maximum atomic E-state index is 12.1. The van der Waals surface area contributed by atoms with Crippen LogP contribution in [0.25, 0.3) is 33.3 Å². The van der Waals surface area contributed by atoms with E-state index in [1.54, 1.807) is 7.11 Å². The molecule has 4 nitrogen and oxygen atoms in total. The lowest BCUT2D eigenvalue weighted by molar-refractivity contribution is 0.411. The second-order valence-electron chi connectivity index (χ2n) is 7.43. The fourth-order valence-corrected chi connectivity index (χ4v) is 3.16. The number of rotatable bonds is 2. The molecule has 26 heavy (non-hydrogen) atoms. The molecule has 4 heteroatoms. The summed E-state index contributed by atoms with van der Waals surface area (Å²) in [6.45, 7) is 6.46. The molecule has 4 aromatic rings. The van der Waals surface area contributed by atoms with E-state index in [-0.39, 0.29) is 5.41 Å². The number of hydrogen-bond acceptors (Lipinski definition) is 4. The highest BCUT2D eigenvalue weighted by molar-refractivity contribution is 5.96. The molecular formula is C22H20O4. The summed E-state index contributed by atoms with van der Waals surface area (Å²) in [6.07, 6.45) is 0. The van der Waals surface area contributed by atoms with Crippen molar-refractivity contribution in [3.8, 4) is 17.1 Å². The van der Waals surface area contributed by atoms with Gasteiger partial charge in [0.25, 0.3) is 0 Å². The van der Waals surface area contributed by atoms with Crippen LogP contribution < -0.4 is 10.4 Å². The van der Waals surface area contributed by atoms with Crippen molar-refractivity contribution in [1.29, 1.82) is 0 Å². The van der Waals surface area contributed by atoms with Gasteiger partial charge in [-0.25, -0.2) is 4.79 Å². The molecule has 0 aliphatic rings. The van der Waals surface area contributed by atoms with Crippen LogP contribution >= 0.6 is 0 Å². The van der Waals surface area contributed by atoms with Gasteiger partial charge in [0.1, 0.15) is 11.3 Å². The molecule has 0 saturated carbocycles. The van der Waals surface area contributed by atoms with Crippen molar-refractivity contribution in [1.82, 2.24) is 0 Å². The molecular weight excluding hydrogens is 328 g/mol. The first kappa shape index (κ1) is 16.5. The molecule has 0 N–H and O–H groups in total. The van der Waals surface area contributed by atoms with Gasteiger partial charge in [-0.3, -0.25) is 0 Å². The second kappa shape index (κ2) is 5.77. The van der Waals surface area contributed by atoms with Crippen molar-refractivity contribution in [2.45, 2.75) is 26.2 Å². The fraction of sp³-hybridized carbons (Fsp3) is 0.227. The monoisotopic (exact) mass is 348 g/mol. The Labute approximate surface area is 151 Å². The third-order valence-electron chi connectivity index (χ3n) is 4.60. The van der Waals surface area contributed by atoms with Crippen LogP contribution in [0.4, 0.5) is 0 Å². The molecule has 0 aliphatic carbocycles. The third-order valence-corrected chi connectivity index (χ3v) is 4.60. The quantitative estimate of drug-likeness (QED) is 0.448. The molecule has 0 aliphatic heterocycles. The predicted octanol–water partition coefficient (Wildman–Crippen LogP) is 5.51. The normalized spacial score (nSPS) is 12.0.